The van der Waals surface area contributed by atoms with Crippen molar-refractivity contribution in [2.75, 3.05) is 13.1 Å². The van der Waals surface area contributed by atoms with E-state index < -0.39 is 0 Å². The van der Waals surface area contributed by atoms with E-state index in [9.17, 15) is 15.0 Å². The second-order valence-corrected chi connectivity index (χ2v) is 6.72. The van der Waals surface area contributed by atoms with Crippen molar-refractivity contribution in [2.45, 2.75) is 32.6 Å². The second kappa shape index (κ2) is 8.39. The van der Waals surface area contributed by atoms with Gasteiger partial charge in [0.15, 0.2) is 5.78 Å². The number of rotatable bonds is 6. The van der Waals surface area contributed by atoms with Crippen LogP contribution >= 0.6 is 0 Å². The van der Waals surface area contributed by atoms with E-state index in [0.29, 0.717) is 16.7 Å². The van der Waals surface area contributed by atoms with Crippen LogP contribution in [0, 0.1) is 5.92 Å². The zero-order valence-electron chi connectivity index (χ0n) is 14.4. The molecule has 1 atom stereocenters. The second-order valence-electron chi connectivity index (χ2n) is 6.72. The molecule has 2 aromatic rings. The average molecular weight is 339 g/mol. The van der Waals surface area contributed by atoms with Crippen molar-refractivity contribution in [3.63, 3.8) is 0 Å². The highest BCUT2D eigenvalue weighted by atomic mass is 16.3. The molecule has 1 aliphatic rings. The molecule has 25 heavy (non-hydrogen) atoms. The van der Waals surface area contributed by atoms with Gasteiger partial charge < -0.3 is 10.2 Å². The van der Waals surface area contributed by atoms with Crippen LogP contribution in [0.4, 0.5) is 0 Å². The van der Waals surface area contributed by atoms with E-state index >= 15 is 0 Å². The molecule has 0 amide bonds. The van der Waals surface area contributed by atoms with E-state index in [4.69, 9.17) is 0 Å². The fraction of sp³-hybridized carbons (Fsp3) is 0.381. The van der Waals surface area contributed by atoms with Crippen molar-refractivity contribution in [1.82, 2.24) is 4.90 Å². The normalized spacial score (nSPS) is 18.2. The molecular formula is C21H25NO3. The molecule has 0 saturated carbocycles. The molecule has 0 aliphatic carbocycles. The number of benzene rings is 2. The van der Waals surface area contributed by atoms with E-state index in [0.717, 1.165) is 32.5 Å². The number of likely N-dealkylation sites (tertiary alicyclic amines) is 1. The molecule has 2 N–H and O–H groups in total. The van der Waals surface area contributed by atoms with Crippen LogP contribution in [-0.2, 0) is 19.8 Å². The molecule has 0 radical (unpaired) electrons. The van der Waals surface area contributed by atoms with E-state index in [2.05, 4.69) is 17.0 Å². The van der Waals surface area contributed by atoms with Gasteiger partial charge in [-0.15, -0.1) is 0 Å². The first-order valence-electron chi connectivity index (χ1n) is 8.85. The maximum Gasteiger partial charge on any atom is 0.167 e. The van der Waals surface area contributed by atoms with Crippen molar-refractivity contribution in [1.29, 1.82) is 0 Å². The molecule has 4 heteroatoms. The summed E-state index contributed by atoms with van der Waals surface area (Å²) in [6.45, 7) is 2.37. The number of hydrogen-bond acceptors (Lipinski definition) is 4. The van der Waals surface area contributed by atoms with Gasteiger partial charge in [-0.1, -0.05) is 42.5 Å². The van der Waals surface area contributed by atoms with E-state index in [1.807, 2.05) is 18.2 Å². The first-order chi connectivity index (χ1) is 12.2. The zero-order chi connectivity index (χ0) is 17.6. The van der Waals surface area contributed by atoms with Crippen molar-refractivity contribution < 1.29 is 15.0 Å². The summed E-state index contributed by atoms with van der Waals surface area (Å²) in [5.74, 6) is 0.126. The number of carbonyl (C=O) groups excluding carboxylic acids is 1. The number of Topliss-reactive ketones (excluding diaryl/α,β-unsaturated/α-hetero) is 1. The third-order valence-electron chi connectivity index (χ3n) is 4.96. The Morgan fingerprint density at radius 3 is 2.52 bits per heavy atom. The Bertz CT molecular complexity index is 714. The van der Waals surface area contributed by atoms with Crippen LogP contribution in [0.5, 0.6) is 0 Å². The van der Waals surface area contributed by atoms with Crippen molar-refractivity contribution >= 4 is 5.78 Å². The van der Waals surface area contributed by atoms with Crippen LogP contribution < -0.4 is 0 Å². The highest BCUT2D eigenvalue weighted by Crippen LogP contribution is 2.24. The first kappa shape index (κ1) is 17.8. The molecule has 2 aromatic carbocycles. The molecule has 1 fully saturated rings. The number of hydrogen-bond donors (Lipinski definition) is 2. The maximum atomic E-state index is 12.9. The number of carbonyl (C=O) groups is 1. The van der Waals surface area contributed by atoms with Gasteiger partial charge in [0.25, 0.3) is 0 Å². The van der Waals surface area contributed by atoms with E-state index in [1.165, 1.54) is 5.56 Å². The van der Waals surface area contributed by atoms with Gasteiger partial charge in [0.2, 0.25) is 0 Å². The van der Waals surface area contributed by atoms with Gasteiger partial charge in [-0.05, 0) is 42.1 Å². The minimum atomic E-state index is -0.165. The van der Waals surface area contributed by atoms with Crippen molar-refractivity contribution in [2.24, 2.45) is 5.92 Å². The Morgan fingerprint density at radius 2 is 1.80 bits per heavy atom. The number of nitrogens with zero attached hydrogens (tertiary/aromatic N) is 1. The van der Waals surface area contributed by atoms with Gasteiger partial charge in [-0.3, -0.25) is 9.69 Å². The lowest BCUT2D eigenvalue weighted by Crippen LogP contribution is -2.38. The predicted octanol–water partition coefficient (Wildman–Crippen LogP) is 2.77. The van der Waals surface area contributed by atoms with Crippen LogP contribution in [0.2, 0.25) is 0 Å². The first-order valence-corrected chi connectivity index (χ1v) is 8.85. The zero-order valence-corrected chi connectivity index (χ0v) is 14.4. The van der Waals surface area contributed by atoms with Crippen LogP contribution in [0.1, 0.15) is 39.9 Å². The number of aliphatic hydroxyl groups excluding tert-OH is 2. The van der Waals surface area contributed by atoms with Gasteiger partial charge in [-0.2, -0.15) is 0 Å². The lowest BCUT2D eigenvalue weighted by Gasteiger charge is -2.32. The fourth-order valence-electron chi connectivity index (χ4n) is 3.57. The summed E-state index contributed by atoms with van der Waals surface area (Å²) in [5.41, 5.74) is 3.21. The number of ketones is 1. The highest BCUT2D eigenvalue weighted by Gasteiger charge is 2.27. The third-order valence-corrected chi connectivity index (χ3v) is 4.96. The smallest absolute Gasteiger partial charge is 0.167 e. The monoisotopic (exact) mass is 339 g/mol. The average Bonchev–Trinajstić information content (AvgIpc) is 2.68. The Balaban J connectivity index is 1.69. The molecule has 0 bridgehead atoms. The van der Waals surface area contributed by atoms with Crippen LogP contribution in [-0.4, -0.2) is 34.0 Å². The van der Waals surface area contributed by atoms with Crippen molar-refractivity contribution in [3.8, 4) is 0 Å². The van der Waals surface area contributed by atoms with Gasteiger partial charge in [0.1, 0.15) is 0 Å². The lowest BCUT2D eigenvalue weighted by molar-refractivity contribution is 0.0811. The molecule has 0 spiro atoms. The summed E-state index contributed by atoms with van der Waals surface area (Å²) in [4.78, 5) is 15.2. The Labute approximate surface area is 148 Å². The summed E-state index contributed by atoms with van der Waals surface area (Å²) >= 11 is 0. The Kier molecular flexibility index (Phi) is 5.97. The van der Waals surface area contributed by atoms with E-state index in [1.54, 1.807) is 18.2 Å². The topological polar surface area (TPSA) is 60.8 Å². The molecule has 1 saturated heterocycles. The molecular weight excluding hydrogens is 314 g/mol. The van der Waals surface area contributed by atoms with Gasteiger partial charge in [0, 0.05) is 24.6 Å². The molecule has 4 nitrogen and oxygen atoms in total. The summed E-state index contributed by atoms with van der Waals surface area (Å²) in [7, 11) is 0. The van der Waals surface area contributed by atoms with Crippen LogP contribution in [0.25, 0.3) is 0 Å². The largest absolute Gasteiger partial charge is 0.392 e. The molecule has 0 aromatic heterocycles. The number of piperidine rings is 1. The Morgan fingerprint density at radius 1 is 1.04 bits per heavy atom. The molecule has 1 aliphatic heterocycles. The molecule has 1 unspecified atom stereocenters. The van der Waals surface area contributed by atoms with E-state index in [-0.39, 0.29) is 24.9 Å². The Hall–Kier alpha value is -2.01. The molecule has 132 valence electrons. The van der Waals surface area contributed by atoms with Gasteiger partial charge in [-0.25, -0.2) is 0 Å². The van der Waals surface area contributed by atoms with Crippen LogP contribution in [0.15, 0.2) is 48.5 Å². The number of aliphatic hydroxyl groups is 2. The fourth-order valence-corrected chi connectivity index (χ4v) is 3.57. The van der Waals surface area contributed by atoms with Crippen LogP contribution in [0.3, 0.4) is 0 Å². The third kappa shape index (κ3) is 4.34. The van der Waals surface area contributed by atoms with Gasteiger partial charge >= 0.3 is 0 Å². The minimum absolute atomic E-state index is 0.0102. The standard InChI is InChI=1S/C21H25NO3/c23-14-19-9-8-17(11-20(19)15-24)21(25)18-7-4-10-22(13-18)12-16-5-2-1-3-6-16/h1-3,5-6,8-9,11,18,23-24H,4,7,10,12-15H2. The molecule has 1 heterocycles. The predicted molar refractivity (Wildman–Crippen MR) is 97.1 cm³/mol. The molecule has 3 rings (SSSR count). The lowest BCUT2D eigenvalue weighted by atomic mass is 9.88. The summed E-state index contributed by atoms with van der Waals surface area (Å²) in [5, 5.41) is 18.7. The summed E-state index contributed by atoms with van der Waals surface area (Å²) in [6.07, 6.45) is 1.92. The summed E-state index contributed by atoms with van der Waals surface area (Å²) in [6, 6.07) is 15.6. The van der Waals surface area contributed by atoms with Gasteiger partial charge in [0.05, 0.1) is 13.2 Å². The SMILES string of the molecule is O=C(c1ccc(CO)c(CO)c1)C1CCCN(Cc2ccccc2)C1. The summed E-state index contributed by atoms with van der Waals surface area (Å²) < 4.78 is 0. The highest BCUT2D eigenvalue weighted by molar-refractivity contribution is 5.98. The quantitative estimate of drug-likeness (QED) is 0.795. The maximum absolute atomic E-state index is 12.9. The minimum Gasteiger partial charge on any atom is -0.392 e. The van der Waals surface area contributed by atoms with Crippen molar-refractivity contribution in [3.05, 3.63) is 70.8 Å².